The molecule has 1 aromatic carbocycles. The van der Waals surface area contributed by atoms with E-state index in [4.69, 9.17) is 0 Å². The highest BCUT2D eigenvalue weighted by atomic mass is 19.4. The third-order valence-corrected chi connectivity index (χ3v) is 4.31. The molecule has 3 heterocycles. The molecule has 1 aromatic heterocycles. The number of fused-ring (bicyclic) bond motifs is 2. The van der Waals surface area contributed by atoms with E-state index in [9.17, 15) is 26.2 Å². The summed E-state index contributed by atoms with van der Waals surface area (Å²) in [5.41, 5.74) is -2.48. The van der Waals surface area contributed by atoms with Crippen LogP contribution < -0.4 is 0 Å². The van der Waals surface area contributed by atoms with E-state index in [1.807, 2.05) is 0 Å². The molecule has 0 atom stereocenters. The Morgan fingerprint density at radius 2 is 1.80 bits per heavy atom. The van der Waals surface area contributed by atoms with Crippen LogP contribution in [0.3, 0.4) is 0 Å². The van der Waals surface area contributed by atoms with Crippen molar-refractivity contribution in [2.24, 2.45) is 0 Å². The SMILES string of the molecule is Fc1cccc(C(F)(F)F)c1C1=C2C=CC=[N+]2[B-](F)(F)n2cccc21. The van der Waals surface area contributed by atoms with E-state index in [0.717, 1.165) is 30.6 Å². The van der Waals surface area contributed by atoms with Crippen molar-refractivity contribution < 1.29 is 30.7 Å². The van der Waals surface area contributed by atoms with Crippen molar-refractivity contribution >= 4 is 18.8 Å². The Balaban J connectivity index is 2.12. The number of benzene rings is 1. The van der Waals surface area contributed by atoms with E-state index in [2.05, 4.69) is 0 Å². The van der Waals surface area contributed by atoms with Gasteiger partial charge in [-0.05, 0) is 30.5 Å². The van der Waals surface area contributed by atoms with Gasteiger partial charge in [0.15, 0.2) is 5.70 Å². The monoisotopic (exact) mass is 354 g/mol. The Hall–Kier alpha value is -2.71. The Kier molecular flexibility index (Phi) is 3.10. The summed E-state index contributed by atoms with van der Waals surface area (Å²) in [5, 5.41) is 0. The fourth-order valence-corrected chi connectivity index (χ4v) is 3.29. The summed E-state index contributed by atoms with van der Waals surface area (Å²) >= 11 is 0. The molecule has 0 N–H and O–H groups in total. The maximum absolute atomic E-state index is 14.6. The molecule has 2 aliphatic rings. The lowest BCUT2D eigenvalue weighted by Crippen LogP contribution is -2.49. The van der Waals surface area contributed by atoms with Gasteiger partial charge in [-0.2, -0.15) is 13.2 Å². The highest BCUT2D eigenvalue weighted by Crippen LogP contribution is 2.43. The van der Waals surface area contributed by atoms with E-state index >= 15 is 0 Å². The number of nitrogens with zero attached hydrogens (tertiary/aromatic N) is 2. The molecule has 9 heteroatoms. The summed E-state index contributed by atoms with van der Waals surface area (Å²) in [4.78, 5) is 0. The van der Waals surface area contributed by atoms with Gasteiger partial charge in [-0.25, -0.2) is 4.39 Å². The molecule has 4 rings (SSSR count). The number of alkyl halides is 3. The van der Waals surface area contributed by atoms with Gasteiger partial charge in [-0.15, -0.1) is 0 Å². The van der Waals surface area contributed by atoms with Crippen LogP contribution in [0.15, 0.2) is 54.4 Å². The number of aromatic nitrogens is 1. The number of hydrogen-bond donors (Lipinski definition) is 0. The number of halogens is 6. The van der Waals surface area contributed by atoms with Crippen molar-refractivity contribution in [2.45, 2.75) is 6.18 Å². The highest BCUT2D eigenvalue weighted by molar-refractivity contribution is 6.57. The number of allylic oxidation sites excluding steroid dienone is 2. The zero-order valence-corrected chi connectivity index (χ0v) is 12.4. The Bertz CT molecular complexity index is 981. The summed E-state index contributed by atoms with van der Waals surface area (Å²) in [6.07, 6.45) is -0.122. The fourth-order valence-electron chi connectivity index (χ4n) is 3.29. The summed E-state index contributed by atoms with van der Waals surface area (Å²) in [6.45, 7) is -4.26. The van der Waals surface area contributed by atoms with Crippen molar-refractivity contribution in [1.82, 2.24) is 4.48 Å². The van der Waals surface area contributed by atoms with Crippen molar-refractivity contribution in [3.8, 4) is 0 Å². The number of hydrogen-bond acceptors (Lipinski definition) is 0. The second-order valence-electron chi connectivity index (χ2n) is 5.72. The summed E-state index contributed by atoms with van der Waals surface area (Å²) in [5.74, 6) is -1.12. The lowest BCUT2D eigenvalue weighted by atomic mass is 9.85. The highest BCUT2D eigenvalue weighted by Gasteiger charge is 2.52. The normalized spacial score (nSPS) is 18.2. The van der Waals surface area contributed by atoms with Crippen LogP contribution >= 0.6 is 0 Å². The number of rotatable bonds is 1. The summed E-state index contributed by atoms with van der Waals surface area (Å²) in [6, 6.07) is 5.13. The molecule has 0 unspecified atom stereocenters. The lowest BCUT2D eigenvalue weighted by molar-refractivity contribution is -0.356. The van der Waals surface area contributed by atoms with Gasteiger partial charge in [0.25, 0.3) is 0 Å². The summed E-state index contributed by atoms with van der Waals surface area (Å²) in [7, 11) is 0. The van der Waals surface area contributed by atoms with Gasteiger partial charge >= 0.3 is 13.1 Å². The molecule has 0 radical (unpaired) electrons. The minimum absolute atomic E-state index is 0.160. The van der Waals surface area contributed by atoms with Gasteiger partial charge in [0.2, 0.25) is 0 Å². The van der Waals surface area contributed by atoms with Gasteiger partial charge in [-0.1, -0.05) is 6.07 Å². The van der Waals surface area contributed by atoms with Crippen molar-refractivity contribution in [1.29, 1.82) is 0 Å². The van der Waals surface area contributed by atoms with Gasteiger partial charge < -0.3 is 17.6 Å². The lowest BCUT2D eigenvalue weighted by Gasteiger charge is -2.31. The van der Waals surface area contributed by atoms with Crippen molar-refractivity contribution in [3.05, 3.63) is 77.0 Å². The minimum atomic E-state index is -4.83. The molecule has 0 spiro atoms. The summed E-state index contributed by atoms with van der Waals surface area (Å²) < 4.78 is 85.1. The van der Waals surface area contributed by atoms with E-state index < -0.39 is 30.1 Å². The van der Waals surface area contributed by atoms with Crippen LogP contribution in [0, 0.1) is 5.82 Å². The molecule has 0 fully saturated rings. The van der Waals surface area contributed by atoms with Crippen LogP contribution in [0.1, 0.15) is 16.8 Å². The fraction of sp³-hybridized carbons (Fsp3) is 0.0625. The van der Waals surface area contributed by atoms with E-state index in [-0.39, 0.29) is 17.0 Å². The van der Waals surface area contributed by atoms with Crippen molar-refractivity contribution in [3.63, 3.8) is 0 Å². The Morgan fingerprint density at radius 1 is 1.04 bits per heavy atom. The van der Waals surface area contributed by atoms with E-state index in [1.54, 1.807) is 0 Å². The van der Waals surface area contributed by atoms with Crippen LogP contribution in [0.5, 0.6) is 0 Å². The first-order chi connectivity index (χ1) is 11.7. The predicted octanol–water partition coefficient (Wildman–Crippen LogP) is 4.29. The third-order valence-electron chi connectivity index (χ3n) is 4.31. The molecular formula is C16H9BF6N2. The largest absolute Gasteiger partial charge is 0.737 e. The quantitative estimate of drug-likeness (QED) is 0.533. The van der Waals surface area contributed by atoms with Crippen LogP contribution in [0.2, 0.25) is 0 Å². The molecule has 0 bridgehead atoms. The standard InChI is InChI=1S/C16H9BF6N2/c18-11-5-1-4-10(16(19,20)21)14(11)15-12-6-2-8-24(12)17(22,23)25-9-3-7-13(15)25/h1-9H. The average Bonchev–Trinajstić information content (AvgIpc) is 3.17. The average molecular weight is 354 g/mol. The Morgan fingerprint density at radius 3 is 2.52 bits per heavy atom. The van der Waals surface area contributed by atoms with E-state index in [1.165, 1.54) is 24.3 Å². The van der Waals surface area contributed by atoms with Crippen LogP contribution in [0.25, 0.3) is 5.57 Å². The van der Waals surface area contributed by atoms with Crippen LogP contribution in [0.4, 0.5) is 26.2 Å². The molecule has 0 amide bonds. The van der Waals surface area contributed by atoms with Gasteiger partial charge in [0.1, 0.15) is 12.0 Å². The molecule has 0 aliphatic carbocycles. The van der Waals surface area contributed by atoms with Gasteiger partial charge in [0.05, 0.1) is 11.1 Å². The second-order valence-corrected chi connectivity index (χ2v) is 5.72. The third kappa shape index (κ3) is 2.11. The van der Waals surface area contributed by atoms with Gasteiger partial charge in [0, 0.05) is 23.4 Å². The molecule has 128 valence electrons. The van der Waals surface area contributed by atoms with Crippen LogP contribution in [-0.4, -0.2) is 22.1 Å². The van der Waals surface area contributed by atoms with E-state index in [0.29, 0.717) is 8.96 Å². The zero-order chi connectivity index (χ0) is 18.0. The molecule has 25 heavy (non-hydrogen) atoms. The first kappa shape index (κ1) is 15.8. The maximum Gasteiger partial charge on any atom is 0.737 e. The zero-order valence-electron chi connectivity index (χ0n) is 12.4. The second kappa shape index (κ2) is 4.90. The maximum atomic E-state index is 14.6. The smallest absolute Gasteiger partial charge is 0.396 e. The van der Waals surface area contributed by atoms with Gasteiger partial charge in [-0.3, -0.25) is 0 Å². The molecule has 2 aromatic rings. The molecule has 0 saturated heterocycles. The predicted molar refractivity (Wildman–Crippen MR) is 80.7 cm³/mol. The molecule has 2 nitrogen and oxygen atoms in total. The topological polar surface area (TPSA) is 7.94 Å². The first-order valence-corrected chi connectivity index (χ1v) is 7.33. The molecular weight excluding hydrogens is 345 g/mol. The molecule has 2 aliphatic heterocycles. The first-order valence-electron chi connectivity index (χ1n) is 7.33. The van der Waals surface area contributed by atoms with Crippen molar-refractivity contribution in [2.75, 3.05) is 0 Å². The minimum Gasteiger partial charge on any atom is -0.396 e. The molecule has 0 saturated carbocycles. The van der Waals surface area contributed by atoms with Crippen LogP contribution in [-0.2, 0) is 6.18 Å². The Labute approximate surface area is 138 Å².